The maximum atomic E-state index is 13.5. The minimum atomic E-state index is -0.675. The van der Waals surface area contributed by atoms with E-state index in [1.807, 2.05) is 0 Å². The molecule has 0 aliphatic rings. The Balaban J connectivity index is 2.00. The van der Waals surface area contributed by atoms with Gasteiger partial charge in [-0.15, -0.1) is 0 Å². The fraction of sp³-hybridized carbons (Fsp3) is 0.143. The molecule has 2 rings (SSSR count). The van der Waals surface area contributed by atoms with Crippen molar-refractivity contribution >= 4 is 11.7 Å². The van der Waals surface area contributed by atoms with Gasteiger partial charge in [0.1, 0.15) is 11.6 Å². The van der Waals surface area contributed by atoms with Crippen molar-refractivity contribution in [2.24, 2.45) is 0 Å². The molecule has 1 aromatic heterocycles. The molecule has 0 saturated carbocycles. The second kappa shape index (κ2) is 6.10. The highest BCUT2D eigenvalue weighted by molar-refractivity contribution is 5.88. The van der Waals surface area contributed by atoms with Crippen molar-refractivity contribution in [1.29, 1.82) is 0 Å². The van der Waals surface area contributed by atoms with Gasteiger partial charge < -0.3 is 10.2 Å². The molecule has 4 nitrogen and oxygen atoms in total. The Kier molecular flexibility index (Phi) is 4.24. The van der Waals surface area contributed by atoms with E-state index < -0.39 is 17.7 Å². The third-order valence-corrected chi connectivity index (χ3v) is 2.68. The number of urea groups is 1. The lowest BCUT2D eigenvalue weighted by Crippen LogP contribution is -2.31. The van der Waals surface area contributed by atoms with E-state index in [2.05, 4.69) is 10.3 Å². The number of carbonyl (C=O) groups is 1. The highest BCUT2D eigenvalue weighted by Crippen LogP contribution is 2.12. The van der Waals surface area contributed by atoms with Crippen LogP contribution < -0.4 is 5.32 Å². The van der Waals surface area contributed by atoms with Gasteiger partial charge in [0.25, 0.3) is 0 Å². The zero-order valence-electron chi connectivity index (χ0n) is 10.8. The number of benzene rings is 1. The molecule has 0 spiro atoms. The molecule has 0 bridgehead atoms. The van der Waals surface area contributed by atoms with Crippen LogP contribution in [0.2, 0.25) is 0 Å². The smallest absolute Gasteiger partial charge is 0.321 e. The monoisotopic (exact) mass is 277 g/mol. The standard InChI is InChI=1S/C14H13F2N3O/c1-19(9-10-4-5-11(15)7-13(10)16)14(20)18-12-3-2-6-17-8-12/h2-8H,9H2,1H3,(H,18,20). The third-order valence-electron chi connectivity index (χ3n) is 2.68. The van der Waals surface area contributed by atoms with Gasteiger partial charge in [-0.1, -0.05) is 6.07 Å². The molecule has 0 atom stereocenters. The van der Waals surface area contributed by atoms with Gasteiger partial charge in [0.2, 0.25) is 0 Å². The number of hydrogen-bond donors (Lipinski definition) is 1. The molecule has 0 radical (unpaired) electrons. The van der Waals surface area contributed by atoms with Gasteiger partial charge in [0, 0.05) is 31.4 Å². The van der Waals surface area contributed by atoms with Crippen LogP contribution in [0.3, 0.4) is 0 Å². The number of rotatable bonds is 3. The maximum Gasteiger partial charge on any atom is 0.321 e. The van der Waals surface area contributed by atoms with Gasteiger partial charge in [-0.25, -0.2) is 13.6 Å². The number of aromatic nitrogens is 1. The lowest BCUT2D eigenvalue weighted by molar-refractivity contribution is 0.220. The van der Waals surface area contributed by atoms with Gasteiger partial charge in [0.15, 0.2) is 0 Å². The average molecular weight is 277 g/mol. The largest absolute Gasteiger partial charge is 0.323 e. The first-order chi connectivity index (χ1) is 9.56. The molecule has 0 fully saturated rings. The molecule has 0 aliphatic carbocycles. The summed E-state index contributed by atoms with van der Waals surface area (Å²) < 4.78 is 26.3. The summed E-state index contributed by atoms with van der Waals surface area (Å²) in [7, 11) is 1.52. The SMILES string of the molecule is CN(Cc1ccc(F)cc1F)C(=O)Nc1cccnc1. The van der Waals surface area contributed by atoms with Crippen LogP contribution in [0, 0.1) is 11.6 Å². The van der Waals surface area contributed by atoms with Crippen molar-refractivity contribution in [3.63, 3.8) is 0 Å². The first-order valence-electron chi connectivity index (χ1n) is 5.92. The van der Waals surface area contributed by atoms with Crippen molar-refractivity contribution in [3.8, 4) is 0 Å². The van der Waals surface area contributed by atoms with Crippen LogP contribution in [0.1, 0.15) is 5.56 Å². The van der Waals surface area contributed by atoms with Crippen LogP contribution in [0.4, 0.5) is 19.3 Å². The van der Waals surface area contributed by atoms with E-state index in [9.17, 15) is 13.6 Å². The predicted octanol–water partition coefficient (Wildman–Crippen LogP) is 3.02. The summed E-state index contributed by atoms with van der Waals surface area (Å²) in [4.78, 5) is 17.1. The Bertz CT molecular complexity index is 605. The fourth-order valence-corrected chi connectivity index (χ4v) is 1.63. The van der Waals surface area contributed by atoms with Crippen LogP contribution in [-0.4, -0.2) is 23.0 Å². The normalized spacial score (nSPS) is 10.2. The van der Waals surface area contributed by atoms with Crippen molar-refractivity contribution < 1.29 is 13.6 Å². The van der Waals surface area contributed by atoms with Crippen LogP contribution >= 0.6 is 0 Å². The Hall–Kier alpha value is -2.50. The van der Waals surface area contributed by atoms with E-state index in [1.165, 1.54) is 24.2 Å². The molecule has 2 amide bonds. The van der Waals surface area contributed by atoms with Crippen LogP contribution in [-0.2, 0) is 6.54 Å². The molecule has 6 heteroatoms. The van der Waals surface area contributed by atoms with Gasteiger partial charge in [0.05, 0.1) is 11.9 Å². The van der Waals surface area contributed by atoms with Gasteiger partial charge >= 0.3 is 6.03 Å². The second-order valence-electron chi connectivity index (χ2n) is 4.26. The number of halogens is 2. The molecule has 20 heavy (non-hydrogen) atoms. The van der Waals surface area contributed by atoms with Crippen molar-refractivity contribution in [2.75, 3.05) is 12.4 Å². The molecular weight excluding hydrogens is 264 g/mol. The van der Waals surface area contributed by atoms with Crippen molar-refractivity contribution in [3.05, 3.63) is 59.9 Å². The van der Waals surface area contributed by atoms with Crippen LogP contribution in [0.15, 0.2) is 42.7 Å². The first-order valence-corrected chi connectivity index (χ1v) is 5.92. The number of hydrogen-bond acceptors (Lipinski definition) is 2. The summed E-state index contributed by atoms with van der Waals surface area (Å²) in [5, 5.41) is 2.62. The van der Waals surface area contributed by atoms with Crippen molar-refractivity contribution in [2.45, 2.75) is 6.54 Å². The zero-order valence-corrected chi connectivity index (χ0v) is 10.8. The Morgan fingerprint density at radius 3 is 2.80 bits per heavy atom. The number of pyridine rings is 1. The molecule has 1 N–H and O–H groups in total. The molecule has 104 valence electrons. The van der Waals surface area contributed by atoms with Crippen LogP contribution in [0.5, 0.6) is 0 Å². The molecule has 2 aromatic rings. The highest BCUT2D eigenvalue weighted by Gasteiger charge is 2.12. The summed E-state index contributed by atoms with van der Waals surface area (Å²) in [6.07, 6.45) is 3.09. The number of amides is 2. The molecule has 1 heterocycles. The summed E-state index contributed by atoms with van der Waals surface area (Å²) in [5.74, 6) is -1.32. The van der Waals surface area contributed by atoms with E-state index in [0.29, 0.717) is 5.69 Å². The summed E-state index contributed by atoms with van der Waals surface area (Å²) >= 11 is 0. The minimum Gasteiger partial charge on any atom is -0.323 e. The van der Waals surface area contributed by atoms with Gasteiger partial charge in [-0.2, -0.15) is 0 Å². The summed E-state index contributed by atoms with van der Waals surface area (Å²) in [6, 6.07) is 6.25. The molecule has 0 saturated heterocycles. The molecular formula is C14H13F2N3O. The number of anilines is 1. The topological polar surface area (TPSA) is 45.2 Å². The molecule has 1 aromatic carbocycles. The third kappa shape index (κ3) is 3.50. The average Bonchev–Trinajstić information content (AvgIpc) is 2.43. The van der Waals surface area contributed by atoms with E-state index in [1.54, 1.807) is 18.3 Å². The maximum absolute atomic E-state index is 13.5. The molecule has 0 unspecified atom stereocenters. The number of nitrogens with one attached hydrogen (secondary N) is 1. The van der Waals surface area contributed by atoms with Crippen molar-refractivity contribution in [1.82, 2.24) is 9.88 Å². The quantitative estimate of drug-likeness (QED) is 0.937. The second-order valence-corrected chi connectivity index (χ2v) is 4.26. The fourth-order valence-electron chi connectivity index (χ4n) is 1.63. The molecule has 0 aliphatic heterocycles. The zero-order chi connectivity index (χ0) is 14.5. The summed E-state index contributed by atoms with van der Waals surface area (Å²) in [5.41, 5.74) is 0.791. The Morgan fingerprint density at radius 1 is 1.35 bits per heavy atom. The first kappa shape index (κ1) is 13.9. The Labute approximate surface area is 115 Å². The Morgan fingerprint density at radius 2 is 2.15 bits per heavy atom. The van der Waals surface area contributed by atoms with E-state index in [4.69, 9.17) is 0 Å². The van der Waals surface area contributed by atoms with Gasteiger partial charge in [-0.05, 0) is 18.2 Å². The van der Waals surface area contributed by atoms with Crippen LogP contribution in [0.25, 0.3) is 0 Å². The lowest BCUT2D eigenvalue weighted by Gasteiger charge is -2.18. The number of nitrogens with zero attached hydrogens (tertiary/aromatic N) is 2. The lowest BCUT2D eigenvalue weighted by atomic mass is 10.2. The van der Waals surface area contributed by atoms with E-state index in [0.717, 1.165) is 12.1 Å². The predicted molar refractivity (Wildman–Crippen MR) is 71.1 cm³/mol. The van der Waals surface area contributed by atoms with E-state index >= 15 is 0 Å². The summed E-state index contributed by atoms with van der Waals surface area (Å²) in [6.45, 7) is 0.0399. The number of carbonyl (C=O) groups excluding carboxylic acids is 1. The van der Waals surface area contributed by atoms with E-state index in [-0.39, 0.29) is 12.1 Å². The minimum absolute atomic E-state index is 0.0399. The highest BCUT2D eigenvalue weighted by atomic mass is 19.1. The van der Waals surface area contributed by atoms with Gasteiger partial charge in [-0.3, -0.25) is 4.98 Å².